The molecule has 0 radical (unpaired) electrons. The highest BCUT2D eigenvalue weighted by Gasteiger charge is 2.09. The number of benzene rings is 1. The molecule has 0 heteroatoms. The summed E-state index contributed by atoms with van der Waals surface area (Å²) in [7, 11) is 0. The summed E-state index contributed by atoms with van der Waals surface area (Å²) in [5, 5.41) is 0. The molecule has 0 aliphatic heterocycles. The molecule has 0 N–H and O–H groups in total. The Morgan fingerprint density at radius 3 is 1.44 bits per heavy atom. The average Bonchev–Trinajstić information content (AvgIpc) is 2.23. The lowest BCUT2D eigenvalue weighted by atomic mass is 9.89. The van der Waals surface area contributed by atoms with Crippen molar-refractivity contribution in [2.45, 2.75) is 48.5 Å². The first-order chi connectivity index (χ1) is 7.36. The van der Waals surface area contributed by atoms with E-state index < -0.39 is 0 Å². The molecule has 0 unspecified atom stereocenters. The first kappa shape index (κ1) is 13.0. The van der Waals surface area contributed by atoms with E-state index in [9.17, 15) is 0 Å². The maximum absolute atomic E-state index is 2.29. The van der Waals surface area contributed by atoms with Crippen molar-refractivity contribution in [3.8, 4) is 0 Å². The molecule has 0 saturated carbocycles. The summed E-state index contributed by atoms with van der Waals surface area (Å²) in [6, 6.07) is 0. The molecule has 1 aromatic carbocycles. The standard InChI is InChI=1S/C16H24/c1-10(2)8-9-16-14(6)12(4)11(3)13(5)15(16)7/h8-10H,1-7H3/b9-8+. The lowest BCUT2D eigenvalue weighted by Gasteiger charge is -2.16. The first-order valence-corrected chi connectivity index (χ1v) is 6.11. The lowest BCUT2D eigenvalue weighted by molar-refractivity contribution is 0.836. The smallest absolute Gasteiger partial charge is 0.0196 e. The van der Waals surface area contributed by atoms with Gasteiger partial charge >= 0.3 is 0 Å². The van der Waals surface area contributed by atoms with Gasteiger partial charge in [0.25, 0.3) is 0 Å². The molecule has 0 nitrogen and oxygen atoms in total. The highest BCUT2D eigenvalue weighted by atomic mass is 14.1. The molecule has 0 aliphatic carbocycles. The second kappa shape index (κ2) is 4.86. The molecular weight excluding hydrogens is 192 g/mol. The van der Waals surface area contributed by atoms with Gasteiger partial charge in [0.15, 0.2) is 0 Å². The normalized spacial score (nSPS) is 11.8. The van der Waals surface area contributed by atoms with Crippen LogP contribution in [0.4, 0.5) is 0 Å². The molecule has 0 amide bonds. The molecule has 0 spiro atoms. The minimum atomic E-state index is 0.612. The van der Waals surface area contributed by atoms with Crippen LogP contribution in [0.15, 0.2) is 6.08 Å². The van der Waals surface area contributed by atoms with Crippen molar-refractivity contribution in [1.82, 2.24) is 0 Å². The van der Waals surface area contributed by atoms with Crippen molar-refractivity contribution in [2.24, 2.45) is 5.92 Å². The van der Waals surface area contributed by atoms with Crippen LogP contribution in [0.2, 0.25) is 0 Å². The van der Waals surface area contributed by atoms with Gasteiger partial charge in [-0.3, -0.25) is 0 Å². The van der Waals surface area contributed by atoms with E-state index in [0.717, 1.165) is 0 Å². The first-order valence-electron chi connectivity index (χ1n) is 6.11. The number of allylic oxidation sites excluding steroid dienone is 1. The van der Waals surface area contributed by atoms with Gasteiger partial charge in [-0.1, -0.05) is 26.0 Å². The third-order valence-corrected chi connectivity index (χ3v) is 3.71. The Morgan fingerprint density at radius 1 is 0.688 bits per heavy atom. The van der Waals surface area contributed by atoms with E-state index in [0.29, 0.717) is 5.92 Å². The van der Waals surface area contributed by atoms with Crippen LogP contribution in [0.1, 0.15) is 47.2 Å². The highest BCUT2D eigenvalue weighted by Crippen LogP contribution is 2.27. The van der Waals surface area contributed by atoms with Gasteiger partial charge in [-0.2, -0.15) is 0 Å². The van der Waals surface area contributed by atoms with Gasteiger partial charge in [0.1, 0.15) is 0 Å². The second-order valence-corrected chi connectivity index (χ2v) is 5.14. The minimum absolute atomic E-state index is 0.612. The Morgan fingerprint density at radius 2 is 1.06 bits per heavy atom. The molecule has 0 aliphatic rings. The largest absolute Gasteiger partial charge is 0.0814 e. The van der Waals surface area contributed by atoms with E-state index in [1.54, 1.807) is 0 Å². The Bertz CT molecular complexity index is 391. The maximum atomic E-state index is 2.29. The van der Waals surface area contributed by atoms with Crippen LogP contribution in [-0.2, 0) is 0 Å². The predicted octanol–water partition coefficient (Wildman–Crippen LogP) is 4.90. The third kappa shape index (κ3) is 2.37. The molecular formula is C16H24. The molecule has 1 aromatic rings. The molecule has 0 saturated heterocycles. The van der Waals surface area contributed by atoms with Gasteiger partial charge in [0, 0.05) is 0 Å². The van der Waals surface area contributed by atoms with Crippen molar-refractivity contribution < 1.29 is 0 Å². The van der Waals surface area contributed by atoms with Crippen LogP contribution in [0.25, 0.3) is 6.08 Å². The summed E-state index contributed by atoms with van der Waals surface area (Å²) < 4.78 is 0. The average molecular weight is 216 g/mol. The van der Waals surface area contributed by atoms with Crippen LogP contribution in [-0.4, -0.2) is 0 Å². The minimum Gasteiger partial charge on any atom is -0.0814 e. The zero-order valence-corrected chi connectivity index (χ0v) is 11.7. The van der Waals surface area contributed by atoms with Crippen LogP contribution < -0.4 is 0 Å². The molecule has 0 heterocycles. The predicted molar refractivity (Wildman–Crippen MR) is 74.0 cm³/mol. The van der Waals surface area contributed by atoms with E-state index in [-0.39, 0.29) is 0 Å². The van der Waals surface area contributed by atoms with E-state index >= 15 is 0 Å². The SMILES string of the molecule is Cc1c(C)c(C)c(/C=C/C(C)C)c(C)c1C. The topological polar surface area (TPSA) is 0 Å². The number of hydrogen-bond acceptors (Lipinski definition) is 0. The zero-order chi connectivity index (χ0) is 12.5. The summed E-state index contributed by atoms with van der Waals surface area (Å²) in [5.41, 5.74) is 8.58. The third-order valence-electron chi connectivity index (χ3n) is 3.71. The molecule has 88 valence electrons. The number of rotatable bonds is 2. The molecule has 0 aromatic heterocycles. The fourth-order valence-electron chi connectivity index (χ4n) is 2.07. The van der Waals surface area contributed by atoms with E-state index in [1.165, 1.54) is 33.4 Å². The lowest BCUT2D eigenvalue weighted by Crippen LogP contribution is -1.99. The molecule has 16 heavy (non-hydrogen) atoms. The summed E-state index contributed by atoms with van der Waals surface area (Å²) >= 11 is 0. The summed E-state index contributed by atoms with van der Waals surface area (Å²) in [5.74, 6) is 0.612. The van der Waals surface area contributed by atoms with Crippen LogP contribution in [0.3, 0.4) is 0 Å². The van der Waals surface area contributed by atoms with Gasteiger partial charge in [0.05, 0.1) is 0 Å². The van der Waals surface area contributed by atoms with Gasteiger partial charge in [0.2, 0.25) is 0 Å². The molecule has 0 fully saturated rings. The fourth-order valence-corrected chi connectivity index (χ4v) is 2.07. The summed E-state index contributed by atoms with van der Waals surface area (Å²) in [6.07, 6.45) is 4.57. The maximum Gasteiger partial charge on any atom is -0.0196 e. The van der Waals surface area contributed by atoms with Crippen LogP contribution in [0.5, 0.6) is 0 Å². The van der Waals surface area contributed by atoms with Crippen molar-refractivity contribution in [2.75, 3.05) is 0 Å². The Kier molecular flexibility index (Phi) is 3.96. The molecule has 1 rings (SSSR count). The van der Waals surface area contributed by atoms with E-state index in [1.807, 2.05) is 0 Å². The monoisotopic (exact) mass is 216 g/mol. The quantitative estimate of drug-likeness (QED) is 0.659. The molecule has 0 bridgehead atoms. The highest BCUT2D eigenvalue weighted by molar-refractivity contribution is 5.63. The van der Waals surface area contributed by atoms with Crippen molar-refractivity contribution in [3.63, 3.8) is 0 Å². The van der Waals surface area contributed by atoms with Crippen molar-refractivity contribution in [3.05, 3.63) is 39.5 Å². The van der Waals surface area contributed by atoms with Crippen LogP contribution in [0, 0.1) is 40.5 Å². The van der Waals surface area contributed by atoms with Crippen LogP contribution >= 0.6 is 0 Å². The van der Waals surface area contributed by atoms with Crippen molar-refractivity contribution in [1.29, 1.82) is 0 Å². The van der Waals surface area contributed by atoms with Gasteiger partial charge in [-0.25, -0.2) is 0 Å². The van der Waals surface area contributed by atoms with Gasteiger partial charge in [-0.05, 0) is 73.9 Å². The van der Waals surface area contributed by atoms with Gasteiger partial charge < -0.3 is 0 Å². The Hall–Kier alpha value is -1.04. The zero-order valence-electron chi connectivity index (χ0n) is 11.7. The van der Waals surface area contributed by atoms with Crippen molar-refractivity contribution >= 4 is 6.08 Å². The summed E-state index contributed by atoms with van der Waals surface area (Å²) in [6.45, 7) is 15.6. The summed E-state index contributed by atoms with van der Waals surface area (Å²) in [4.78, 5) is 0. The fraction of sp³-hybridized carbons (Fsp3) is 0.500. The van der Waals surface area contributed by atoms with E-state index in [4.69, 9.17) is 0 Å². The van der Waals surface area contributed by atoms with Gasteiger partial charge in [-0.15, -0.1) is 0 Å². The Balaban J connectivity index is 3.40. The van der Waals surface area contributed by atoms with E-state index in [2.05, 4.69) is 60.6 Å². The number of hydrogen-bond donors (Lipinski definition) is 0. The molecule has 0 atom stereocenters. The Labute approximate surface area is 100 Å². The second-order valence-electron chi connectivity index (χ2n) is 5.14.